The van der Waals surface area contributed by atoms with Crippen molar-refractivity contribution in [3.8, 4) is 0 Å². The number of nitrogens with two attached hydrogens (primary N) is 1. The number of hydrogen-bond donors (Lipinski definition) is 1. The molecule has 1 saturated heterocycles. The minimum absolute atomic E-state index is 0.0802. The Bertz CT molecular complexity index is 970. The monoisotopic (exact) mass is 425 g/mol. The van der Waals surface area contributed by atoms with Crippen LogP contribution in [0.25, 0.3) is 0 Å². The number of anilines is 1. The van der Waals surface area contributed by atoms with E-state index in [1.807, 2.05) is 0 Å². The predicted octanol–water partition coefficient (Wildman–Crippen LogP) is 1.50. The van der Waals surface area contributed by atoms with Crippen LogP contribution in [-0.2, 0) is 19.0 Å². The number of alkyl halides is 1. The van der Waals surface area contributed by atoms with Gasteiger partial charge in [0, 0.05) is 13.1 Å². The zero-order valence-electron chi connectivity index (χ0n) is 15.2. The number of ether oxygens (including phenoxy) is 3. The van der Waals surface area contributed by atoms with Crippen molar-refractivity contribution in [1.29, 1.82) is 0 Å². The summed E-state index contributed by atoms with van der Waals surface area (Å²) in [5, 5.41) is -0.0802. The summed E-state index contributed by atoms with van der Waals surface area (Å²) in [4.78, 5) is 39.1. The largest absolute Gasteiger partial charge is 0.459 e. The molecule has 1 aromatic heterocycles. The number of nitrogen functional groups attached to an aromatic ring is 1. The minimum Gasteiger partial charge on any atom is -0.459 e. The highest BCUT2D eigenvalue weighted by Gasteiger charge is 2.49. The molecule has 2 N–H and O–H groups in total. The molecular formula is C18H17ClFN3O6. The van der Waals surface area contributed by atoms with E-state index in [1.165, 1.54) is 0 Å². The zero-order chi connectivity index (χ0) is 21.1. The van der Waals surface area contributed by atoms with Crippen LogP contribution in [-0.4, -0.2) is 46.5 Å². The van der Waals surface area contributed by atoms with Gasteiger partial charge in [-0.2, -0.15) is 4.98 Å². The van der Waals surface area contributed by atoms with Gasteiger partial charge < -0.3 is 19.9 Å². The summed E-state index contributed by atoms with van der Waals surface area (Å²) in [6.45, 7) is 0.689. The van der Waals surface area contributed by atoms with Crippen molar-refractivity contribution in [2.45, 2.75) is 31.5 Å². The number of carbonyl (C=O) groups excluding carboxylic acids is 2. The second kappa shape index (κ2) is 8.58. The Labute approximate surface area is 169 Å². The van der Waals surface area contributed by atoms with Gasteiger partial charge in [-0.15, -0.1) is 0 Å². The molecule has 2 heterocycles. The first kappa shape index (κ1) is 20.7. The van der Waals surface area contributed by atoms with E-state index in [9.17, 15) is 14.4 Å². The molecule has 1 aliphatic heterocycles. The number of halogens is 2. The van der Waals surface area contributed by atoms with E-state index in [4.69, 9.17) is 31.5 Å². The van der Waals surface area contributed by atoms with Crippen LogP contribution >= 0.6 is 11.6 Å². The second-order valence-electron chi connectivity index (χ2n) is 6.21. The summed E-state index contributed by atoms with van der Waals surface area (Å²) >= 11 is 5.86. The third kappa shape index (κ3) is 4.54. The highest BCUT2D eigenvalue weighted by atomic mass is 35.5. The zero-order valence-corrected chi connectivity index (χ0v) is 15.9. The Morgan fingerprint density at radius 1 is 1.34 bits per heavy atom. The standard InChI is InChI=1S/C18H17ClFN3O6/c1-9(24)28-14-12(8-27-17(25)10-5-3-2-4-6-10)29-16(13(14)20)23-7-11(19)15(21)22-18(23)26/h2-7,12-14,16H,8H2,1H3,(H2,21,22,26)/t12-,13-,14-,16-/m1/s1. The fourth-order valence-electron chi connectivity index (χ4n) is 2.84. The molecule has 0 bridgehead atoms. The fourth-order valence-corrected chi connectivity index (χ4v) is 2.99. The highest BCUT2D eigenvalue weighted by molar-refractivity contribution is 6.32. The Kier molecular flexibility index (Phi) is 6.14. The van der Waals surface area contributed by atoms with Crippen LogP contribution in [0.5, 0.6) is 0 Å². The number of esters is 2. The average molecular weight is 426 g/mol. The van der Waals surface area contributed by atoms with Crippen LogP contribution in [0.2, 0.25) is 5.02 Å². The molecule has 2 aromatic rings. The van der Waals surface area contributed by atoms with Crippen molar-refractivity contribution >= 4 is 29.4 Å². The van der Waals surface area contributed by atoms with E-state index in [1.54, 1.807) is 30.3 Å². The van der Waals surface area contributed by atoms with E-state index in [-0.39, 0.29) is 16.4 Å². The Morgan fingerprint density at radius 3 is 2.69 bits per heavy atom. The van der Waals surface area contributed by atoms with E-state index < -0.39 is 48.8 Å². The third-order valence-corrected chi connectivity index (χ3v) is 4.46. The number of rotatable bonds is 5. The van der Waals surface area contributed by atoms with Crippen molar-refractivity contribution in [3.05, 3.63) is 57.6 Å². The number of carbonyl (C=O) groups is 2. The molecule has 0 unspecified atom stereocenters. The molecule has 0 spiro atoms. The van der Waals surface area contributed by atoms with Crippen LogP contribution in [0, 0.1) is 0 Å². The maximum absolute atomic E-state index is 15.0. The molecule has 29 heavy (non-hydrogen) atoms. The van der Waals surface area contributed by atoms with Crippen LogP contribution in [0.4, 0.5) is 10.2 Å². The molecule has 4 atom stereocenters. The Morgan fingerprint density at radius 2 is 2.03 bits per heavy atom. The van der Waals surface area contributed by atoms with Crippen molar-refractivity contribution < 1.29 is 28.2 Å². The lowest BCUT2D eigenvalue weighted by molar-refractivity contribution is -0.152. The Hall–Kier alpha value is -2.98. The molecule has 0 amide bonds. The maximum Gasteiger partial charge on any atom is 0.351 e. The van der Waals surface area contributed by atoms with Crippen LogP contribution < -0.4 is 11.4 Å². The van der Waals surface area contributed by atoms with E-state index in [2.05, 4.69) is 4.98 Å². The van der Waals surface area contributed by atoms with Crippen molar-refractivity contribution in [3.63, 3.8) is 0 Å². The van der Waals surface area contributed by atoms with E-state index >= 15 is 4.39 Å². The number of benzene rings is 1. The topological polar surface area (TPSA) is 123 Å². The molecular weight excluding hydrogens is 409 g/mol. The van der Waals surface area contributed by atoms with E-state index in [0.717, 1.165) is 17.7 Å². The van der Waals surface area contributed by atoms with Crippen LogP contribution in [0.15, 0.2) is 41.3 Å². The van der Waals surface area contributed by atoms with Crippen molar-refractivity contribution in [1.82, 2.24) is 9.55 Å². The summed E-state index contributed by atoms with van der Waals surface area (Å²) in [6.07, 6.45) is -4.94. The molecule has 154 valence electrons. The van der Waals surface area contributed by atoms with Gasteiger partial charge in [-0.25, -0.2) is 14.0 Å². The number of nitrogens with zero attached hydrogens (tertiary/aromatic N) is 2. The molecule has 1 fully saturated rings. The smallest absolute Gasteiger partial charge is 0.351 e. The molecule has 9 nitrogen and oxygen atoms in total. The lowest BCUT2D eigenvalue weighted by Gasteiger charge is -2.18. The summed E-state index contributed by atoms with van der Waals surface area (Å²) < 4.78 is 31.5. The molecule has 0 aliphatic carbocycles. The van der Waals surface area contributed by atoms with E-state index in [0.29, 0.717) is 0 Å². The van der Waals surface area contributed by atoms with Crippen LogP contribution in [0.3, 0.4) is 0 Å². The molecule has 11 heteroatoms. The van der Waals surface area contributed by atoms with Gasteiger partial charge in [0.2, 0.25) is 0 Å². The molecule has 3 rings (SSSR count). The normalized spacial score (nSPS) is 23.6. The van der Waals surface area contributed by atoms with Gasteiger partial charge in [0.1, 0.15) is 18.5 Å². The molecule has 1 aromatic carbocycles. The van der Waals surface area contributed by atoms with Gasteiger partial charge in [-0.1, -0.05) is 29.8 Å². The molecule has 1 aliphatic rings. The van der Waals surface area contributed by atoms with Crippen LogP contribution in [0.1, 0.15) is 23.5 Å². The number of aromatic nitrogens is 2. The first-order valence-corrected chi connectivity index (χ1v) is 8.89. The quantitative estimate of drug-likeness (QED) is 0.715. The highest BCUT2D eigenvalue weighted by Crippen LogP contribution is 2.34. The van der Waals surface area contributed by atoms with Crippen molar-refractivity contribution in [2.75, 3.05) is 12.3 Å². The molecule has 0 radical (unpaired) electrons. The van der Waals surface area contributed by atoms with Gasteiger partial charge in [0.15, 0.2) is 18.5 Å². The minimum atomic E-state index is -1.95. The predicted molar refractivity (Wildman–Crippen MR) is 99.0 cm³/mol. The Balaban J connectivity index is 1.80. The average Bonchev–Trinajstić information content (AvgIpc) is 2.98. The first-order valence-electron chi connectivity index (χ1n) is 8.51. The van der Waals surface area contributed by atoms with Gasteiger partial charge in [-0.3, -0.25) is 9.36 Å². The SMILES string of the molecule is CC(=O)O[C@H]1[C@@H](F)[C@H](n2cc(Cl)c(N)nc2=O)O[C@@H]1COC(=O)c1ccccc1. The van der Waals surface area contributed by atoms with Gasteiger partial charge in [0.25, 0.3) is 0 Å². The van der Waals surface area contributed by atoms with Crippen molar-refractivity contribution in [2.24, 2.45) is 0 Å². The number of hydrogen-bond acceptors (Lipinski definition) is 8. The third-order valence-electron chi connectivity index (χ3n) is 4.17. The maximum atomic E-state index is 15.0. The molecule has 0 saturated carbocycles. The summed E-state index contributed by atoms with van der Waals surface area (Å²) in [7, 11) is 0. The summed E-state index contributed by atoms with van der Waals surface area (Å²) in [5.74, 6) is -1.64. The van der Waals surface area contributed by atoms with Gasteiger partial charge >= 0.3 is 17.6 Å². The van der Waals surface area contributed by atoms with Gasteiger partial charge in [-0.05, 0) is 12.1 Å². The summed E-state index contributed by atoms with van der Waals surface area (Å²) in [5.41, 5.74) is 4.85. The van der Waals surface area contributed by atoms with Gasteiger partial charge in [0.05, 0.1) is 10.6 Å². The summed E-state index contributed by atoms with van der Waals surface area (Å²) in [6, 6.07) is 8.13. The lowest BCUT2D eigenvalue weighted by Crippen LogP contribution is -2.37. The lowest BCUT2D eigenvalue weighted by atomic mass is 10.1. The second-order valence-corrected chi connectivity index (χ2v) is 6.62. The fraction of sp³-hybridized carbons (Fsp3) is 0.333. The first-order chi connectivity index (χ1) is 13.8.